The largest absolute Gasteiger partial charge is 0.480 e. The van der Waals surface area contributed by atoms with E-state index < -0.39 is 24.5 Å². The lowest BCUT2D eigenvalue weighted by Crippen LogP contribution is -2.44. The second kappa shape index (κ2) is 7.82. The van der Waals surface area contributed by atoms with Gasteiger partial charge < -0.3 is 19.9 Å². The Kier molecular flexibility index (Phi) is 5.46. The molecule has 0 bridgehead atoms. The summed E-state index contributed by atoms with van der Waals surface area (Å²) in [5.41, 5.74) is 6.24. The smallest absolute Gasteiger partial charge is 0.328 e. The Morgan fingerprint density at radius 1 is 1.14 bits per heavy atom. The first kappa shape index (κ1) is 19.6. The Bertz CT molecular complexity index is 1060. The van der Waals surface area contributed by atoms with Crippen molar-refractivity contribution >= 4 is 17.5 Å². The summed E-state index contributed by atoms with van der Waals surface area (Å²) in [5.74, 6) is -1.77. The molecular formula is C21H23N3O4. The van der Waals surface area contributed by atoms with Crippen molar-refractivity contribution in [1.29, 1.82) is 0 Å². The number of aryl methyl sites for hydroxylation is 3. The van der Waals surface area contributed by atoms with Crippen molar-refractivity contribution in [1.82, 2.24) is 14.7 Å². The van der Waals surface area contributed by atoms with Crippen LogP contribution >= 0.6 is 0 Å². The molecule has 0 saturated heterocycles. The summed E-state index contributed by atoms with van der Waals surface area (Å²) < 4.78 is 1.86. The van der Waals surface area contributed by atoms with Crippen molar-refractivity contribution in [3.05, 3.63) is 58.9 Å². The number of benzene rings is 1. The highest BCUT2D eigenvalue weighted by atomic mass is 16.4. The highest BCUT2D eigenvalue weighted by Crippen LogP contribution is 2.28. The van der Waals surface area contributed by atoms with E-state index in [0.717, 1.165) is 27.9 Å². The van der Waals surface area contributed by atoms with Gasteiger partial charge in [0, 0.05) is 11.8 Å². The van der Waals surface area contributed by atoms with Crippen LogP contribution in [0.5, 0.6) is 0 Å². The summed E-state index contributed by atoms with van der Waals surface area (Å²) in [6.45, 7) is 5.33. The van der Waals surface area contributed by atoms with Crippen molar-refractivity contribution in [2.24, 2.45) is 0 Å². The number of aliphatic hydroxyl groups is 1. The Labute approximate surface area is 162 Å². The molecule has 0 aliphatic carbocycles. The third kappa shape index (κ3) is 3.75. The number of carboxylic acid groups (broad SMARTS) is 1. The number of rotatable bonds is 6. The summed E-state index contributed by atoms with van der Waals surface area (Å²) in [5, 5.41) is 20.6. The molecule has 146 valence electrons. The number of hydrogen-bond acceptors (Lipinski definition) is 4. The van der Waals surface area contributed by atoms with Gasteiger partial charge in [-0.3, -0.25) is 4.79 Å². The molecule has 1 amide bonds. The number of fused-ring (bicyclic) bond motifs is 1. The van der Waals surface area contributed by atoms with Crippen LogP contribution in [0.3, 0.4) is 0 Å². The number of carbonyl (C=O) groups excluding carboxylic acids is 1. The molecule has 0 radical (unpaired) electrons. The van der Waals surface area contributed by atoms with Crippen LogP contribution in [0, 0.1) is 20.8 Å². The van der Waals surface area contributed by atoms with Crippen molar-refractivity contribution in [3.8, 4) is 11.3 Å². The minimum absolute atomic E-state index is 0.0589. The van der Waals surface area contributed by atoms with Crippen LogP contribution < -0.4 is 5.32 Å². The molecule has 0 spiro atoms. The minimum atomic E-state index is -1.33. The van der Waals surface area contributed by atoms with E-state index in [1.54, 1.807) is 0 Å². The zero-order valence-corrected chi connectivity index (χ0v) is 16.1. The molecule has 2 aromatic heterocycles. The third-order valence-corrected chi connectivity index (χ3v) is 4.87. The number of aliphatic hydroxyl groups excluding tert-OH is 1. The maximum atomic E-state index is 12.5. The first-order valence-corrected chi connectivity index (χ1v) is 8.99. The lowest BCUT2D eigenvalue weighted by Gasteiger charge is -2.12. The third-order valence-electron chi connectivity index (χ3n) is 4.87. The molecule has 0 fully saturated rings. The van der Waals surface area contributed by atoms with E-state index in [4.69, 9.17) is 15.2 Å². The summed E-state index contributed by atoms with van der Waals surface area (Å²) in [7, 11) is 0. The number of carboxylic acids is 1. The van der Waals surface area contributed by atoms with Crippen molar-refractivity contribution < 1.29 is 19.8 Å². The number of carbonyl (C=O) groups is 2. The summed E-state index contributed by atoms with van der Waals surface area (Å²) in [4.78, 5) is 28.3. The van der Waals surface area contributed by atoms with E-state index in [1.165, 1.54) is 0 Å². The number of hydrogen-bond donors (Lipinski definition) is 3. The van der Waals surface area contributed by atoms with Gasteiger partial charge in [-0.2, -0.15) is 0 Å². The van der Waals surface area contributed by atoms with Crippen molar-refractivity contribution in [2.75, 3.05) is 6.61 Å². The fourth-order valence-corrected chi connectivity index (χ4v) is 3.12. The number of nitrogens with zero attached hydrogens (tertiary/aromatic N) is 2. The van der Waals surface area contributed by atoms with Crippen molar-refractivity contribution in [3.63, 3.8) is 0 Å². The normalized spacial score (nSPS) is 12.1. The zero-order valence-electron chi connectivity index (χ0n) is 16.1. The molecule has 7 nitrogen and oxygen atoms in total. The molecule has 7 heteroatoms. The average Bonchev–Trinajstić information content (AvgIpc) is 3.01. The molecule has 3 aromatic rings. The van der Waals surface area contributed by atoms with Crippen LogP contribution in [-0.4, -0.2) is 44.1 Å². The van der Waals surface area contributed by atoms with E-state index in [9.17, 15) is 9.59 Å². The van der Waals surface area contributed by atoms with E-state index in [1.807, 2.05) is 61.7 Å². The van der Waals surface area contributed by atoms with Gasteiger partial charge in [-0.05, 0) is 49.6 Å². The van der Waals surface area contributed by atoms with Gasteiger partial charge in [-0.15, -0.1) is 0 Å². The quantitative estimate of drug-likeness (QED) is 0.606. The van der Waals surface area contributed by atoms with E-state index in [0.29, 0.717) is 11.4 Å². The fourth-order valence-electron chi connectivity index (χ4n) is 3.12. The number of imidazole rings is 1. The zero-order chi connectivity index (χ0) is 20.4. The van der Waals surface area contributed by atoms with Gasteiger partial charge >= 0.3 is 5.97 Å². The molecule has 0 saturated carbocycles. The molecule has 1 unspecified atom stereocenters. The predicted octanol–water partition coefficient (Wildman–Crippen LogP) is 2.03. The first-order chi connectivity index (χ1) is 13.3. The van der Waals surface area contributed by atoms with Crippen molar-refractivity contribution in [2.45, 2.75) is 33.2 Å². The number of amides is 1. The van der Waals surface area contributed by atoms with E-state index in [2.05, 4.69) is 5.32 Å². The summed E-state index contributed by atoms with van der Waals surface area (Å²) >= 11 is 0. The summed E-state index contributed by atoms with van der Waals surface area (Å²) in [6.07, 6.45) is 1.78. The van der Waals surface area contributed by atoms with Gasteiger partial charge in [-0.25, -0.2) is 9.78 Å². The highest BCUT2D eigenvalue weighted by Gasteiger charge is 2.22. The Morgan fingerprint density at radius 3 is 2.54 bits per heavy atom. The molecule has 0 aliphatic heterocycles. The maximum absolute atomic E-state index is 12.5. The summed E-state index contributed by atoms with van der Waals surface area (Å²) in [6, 6.07) is 8.50. The standard InChI is InChI=1S/C21H23N3O4/c1-12-6-7-15(9-14(12)3)19-17(10-18(26)22-16(11-25)21(27)28)24-8-4-5-13(2)20(24)23-19/h4-9,16,25H,10-11H2,1-3H3,(H,22,26)(H,27,28). The molecule has 1 aromatic carbocycles. The lowest BCUT2D eigenvalue weighted by molar-refractivity contribution is -0.142. The SMILES string of the molecule is Cc1ccc(-c2nc3c(C)cccn3c2CC(=O)NC(CO)C(=O)O)cc1C. The number of nitrogens with one attached hydrogen (secondary N) is 1. The average molecular weight is 381 g/mol. The second-order valence-electron chi connectivity index (χ2n) is 6.91. The minimum Gasteiger partial charge on any atom is -0.480 e. The maximum Gasteiger partial charge on any atom is 0.328 e. The lowest BCUT2D eigenvalue weighted by atomic mass is 10.0. The molecule has 0 aliphatic rings. The predicted molar refractivity (Wildman–Crippen MR) is 105 cm³/mol. The van der Waals surface area contributed by atoms with Gasteiger partial charge in [0.05, 0.1) is 24.4 Å². The van der Waals surface area contributed by atoms with Gasteiger partial charge in [0.15, 0.2) is 0 Å². The number of pyridine rings is 1. The van der Waals surface area contributed by atoms with Crippen LogP contribution in [-0.2, 0) is 16.0 Å². The van der Waals surface area contributed by atoms with Crippen LogP contribution in [0.2, 0.25) is 0 Å². The molecule has 3 N–H and O–H groups in total. The molecule has 3 rings (SSSR count). The number of aromatic nitrogens is 2. The Hall–Kier alpha value is -3.19. The van der Waals surface area contributed by atoms with Gasteiger partial charge in [0.2, 0.25) is 5.91 Å². The van der Waals surface area contributed by atoms with Crippen LogP contribution in [0.25, 0.3) is 16.9 Å². The Balaban J connectivity index is 2.07. The second-order valence-corrected chi connectivity index (χ2v) is 6.91. The van der Waals surface area contributed by atoms with Crippen LogP contribution in [0.15, 0.2) is 36.5 Å². The molecular weight excluding hydrogens is 358 g/mol. The molecule has 28 heavy (non-hydrogen) atoms. The molecule has 1 atom stereocenters. The topological polar surface area (TPSA) is 104 Å². The highest BCUT2D eigenvalue weighted by molar-refractivity contribution is 5.86. The number of aliphatic carboxylic acids is 1. The Morgan fingerprint density at radius 2 is 1.89 bits per heavy atom. The fraction of sp³-hybridized carbons (Fsp3) is 0.286. The van der Waals surface area contributed by atoms with Crippen LogP contribution in [0.4, 0.5) is 0 Å². The first-order valence-electron chi connectivity index (χ1n) is 8.99. The van der Waals surface area contributed by atoms with E-state index >= 15 is 0 Å². The monoisotopic (exact) mass is 381 g/mol. The molecule has 2 heterocycles. The van der Waals surface area contributed by atoms with Gasteiger partial charge in [0.25, 0.3) is 0 Å². The van der Waals surface area contributed by atoms with Gasteiger partial charge in [-0.1, -0.05) is 18.2 Å². The van der Waals surface area contributed by atoms with E-state index in [-0.39, 0.29) is 6.42 Å². The van der Waals surface area contributed by atoms with Gasteiger partial charge in [0.1, 0.15) is 11.7 Å². The van der Waals surface area contributed by atoms with Crippen LogP contribution in [0.1, 0.15) is 22.4 Å².